The van der Waals surface area contributed by atoms with E-state index in [1.807, 2.05) is 18.2 Å². The van der Waals surface area contributed by atoms with Gasteiger partial charge < -0.3 is 29.4 Å². The summed E-state index contributed by atoms with van der Waals surface area (Å²) in [5, 5.41) is 5.79. The van der Waals surface area contributed by atoms with Crippen LogP contribution >= 0.6 is 0 Å². The number of para-hydroxylation sites is 2. The number of rotatable bonds is 7. The molecule has 1 atom stereocenters. The zero-order valence-corrected chi connectivity index (χ0v) is 23.8. The first-order valence-electron chi connectivity index (χ1n) is 14.3. The van der Waals surface area contributed by atoms with Crippen molar-refractivity contribution in [1.29, 1.82) is 0 Å². The third kappa shape index (κ3) is 5.85. The molecule has 0 saturated carbocycles. The first kappa shape index (κ1) is 28.2. The van der Waals surface area contributed by atoms with E-state index in [0.717, 1.165) is 18.2 Å². The van der Waals surface area contributed by atoms with E-state index < -0.39 is 23.0 Å². The number of nitrogens with one attached hydrogen (secondary N) is 2. The lowest BCUT2D eigenvalue weighted by molar-refractivity contribution is 0.102. The molecule has 2 N–H and O–H groups in total. The van der Waals surface area contributed by atoms with Crippen LogP contribution < -0.4 is 25.5 Å². The number of amides is 1. The van der Waals surface area contributed by atoms with Crippen LogP contribution in [-0.2, 0) is 11.3 Å². The van der Waals surface area contributed by atoms with E-state index in [-0.39, 0.29) is 34.2 Å². The maximum Gasteiger partial charge on any atom is 0.261 e. The lowest BCUT2D eigenvalue weighted by atomic mass is 10.0. The van der Waals surface area contributed by atoms with Crippen LogP contribution in [0.15, 0.2) is 96.2 Å². The van der Waals surface area contributed by atoms with Crippen molar-refractivity contribution < 1.29 is 27.8 Å². The van der Waals surface area contributed by atoms with Crippen LogP contribution in [0.2, 0.25) is 0 Å². The molecule has 226 valence electrons. The van der Waals surface area contributed by atoms with Crippen molar-refractivity contribution in [2.75, 3.05) is 23.8 Å². The van der Waals surface area contributed by atoms with Gasteiger partial charge in [0.2, 0.25) is 11.2 Å². The zero-order chi connectivity index (χ0) is 30.9. The number of hydrogen-bond donors (Lipinski definition) is 2. The van der Waals surface area contributed by atoms with Crippen molar-refractivity contribution in [3.63, 3.8) is 0 Å². The summed E-state index contributed by atoms with van der Waals surface area (Å²) in [7, 11) is 0. The second-order valence-electron chi connectivity index (χ2n) is 10.8. The minimum atomic E-state index is -0.749. The molecule has 0 spiro atoms. The van der Waals surface area contributed by atoms with Crippen molar-refractivity contribution in [3.8, 4) is 34.1 Å². The molecule has 0 bridgehead atoms. The van der Waals surface area contributed by atoms with Crippen molar-refractivity contribution >= 4 is 23.1 Å². The topological polar surface area (TPSA) is 104 Å². The fourth-order valence-corrected chi connectivity index (χ4v) is 5.33. The van der Waals surface area contributed by atoms with Gasteiger partial charge in [-0.1, -0.05) is 24.3 Å². The number of anilines is 3. The van der Waals surface area contributed by atoms with Gasteiger partial charge in [0, 0.05) is 61.0 Å². The van der Waals surface area contributed by atoms with E-state index in [9.17, 15) is 14.0 Å². The third-order valence-electron chi connectivity index (χ3n) is 7.60. The molecule has 45 heavy (non-hydrogen) atoms. The van der Waals surface area contributed by atoms with E-state index in [2.05, 4.69) is 15.6 Å². The number of carbonyl (C=O) groups is 1. The lowest BCUT2D eigenvalue weighted by Crippen LogP contribution is -2.25. The molecule has 7 rings (SSSR count). The van der Waals surface area contributed by atoms with Crippen LogP contribution in [0.25, 0.3) is 11.1 Å². The van der Waals surface area contributed by atoms with E-state index in [1.54, 1.807) is 22.9 Å². The summed E-state index contributed by atoms with van der Waals surface area (Å²) in [6.45, 7) is 1.75. The summed E-state index contributed by atoms with van der Waals surface area (Å²) in [6, 6.07) is 18.3. The Kier molecular flexibility index (Phi) is 7.44. The van der Waals surface area contributed by atoms with Gasteiger partial charge >= 0.3 is 0 Å². The summed E-state index contributed by atoms with van der Waals surface area (Å²) in [4.78, 5) is 31.2. The SMILES string of the molecule is O=C(Nc1ccc(Oc2ccnc3c2Oc2ccccc2N3)c(F)c1)c1cn(CC2CCOC2)cc(-c2ccc(F)cc2)c1=O. The monoisotopic (exact) mass is 608 g/mol. The third-order valence-corrected chi connectivity index (χ3v) is 7.60. The smallest absolute Gasteiger partial charge is 0.261 e. The number of pyridine rings is 2. The van der Waals surface area contributed by atoms with Crippen molar-refractivity contribution in [2.45, 2.75) is 13.0 Å². The molecule has 2 aliphatic rings. The number of fused-ring (bicyclic) bond motifs is 2. The highest BCUT2D eigenvalue weighted by molar-refractivity contribution is 6.04. The van der Waals surface area contributed by atoms with Gasteiger partial charge in [-0.3, -0.25) is 9.59 Å². The molecule has 1 unspecified atom stereocenters. The van der Waals surface area contributed by atoms with Gasteiger partial charge in [0.05, 0.1) is 12.3 Å². The first-order chi connectivity index (χ1) is 21.9. The van der Waals surface area contributed by atoms with Gasteiger partial charge in [0.25, 0.3) is 5.91 Å². The average molecular weight is 609 g/mol. The van der Waals surface area contributed by atoms with Gasteiger partial charge in [-0.2, -0.15) is 0 Å². The van der Waals surface area contributed by atoms with Gasteiger partial charge in [0.15, 0.2) is 28.9 Å². The molecule has 1 fully saturated rings. The predicted octanol–water partition coefficient (Wildman–Crippen LogP) is 7.12. The first-order valence-corrected chi connectivity index (χ1v) is 14.3. The normalized spacial score (nSPS) is 14.9. The zero-order valence-electron chi connectivity index (χ0n) is 23.8. The Hall–Kier alpha value is -5.55. The Morgan fingerprint density at radius 3 is 2.69 bits per heavy atom. The molecule has 2 aliphatic heterocycles. The Labute approximate surface area is 256 Å². The lowest BCUT2D eigenvalue weighted by Gasteiger charge is -2.22. The maximum atomic E-state index is 15.3. The summed E-state index contributed by atoms with van der Waals surface area (Å²) in [5.74, 6) is -0.265. The summed E-state index contributed by atoms with van der Waals surface area (Å²) >= 11 is 0. The number of hydrogen-bond acceptors (Lipinski definition) is 7. The van der Waals surface area contributed by atoms with Crippen molar-refractivity contribution in [2.24, 2.45) is 5.92 Å². The van der Waals surface area contributed by atoms with Crippen LogP contribution in [0.4, 0.5) is 26.0 Å². The largest absolute Gasteiger partial charge is 0.450 e. The molecule has 9 nitrogen and oxygen atoms in total. The van der Waals surface area contributed by atoms with Crippen LogP contribution in [0.5, 0.6) is 23.0 Å². The molecule has 0 aliphatic carbocycles. The minimum absolute atomic E-state index is 0.108. The molecule has 1 amide bonds. The van der Waals surface area contributed by atoms with E-state index in [4.69, 9.17) is 14.2 Å². The summed E-state index contributed by atoms with van der Waals surface area (Å²) in [6.07, 6.45) is 5.50. The molecular formula is C34H26F2N4O5. The number of aromatic nitrogens is 2. The molecule has 11 heteroatoms. The highest BCUT2D eigenvalue weighted by atomic mass is 19.1. The fourth-order valence-electron chi connectivity index (χ4n) is 5.33. The average Bonchev–Trinajstić information content (AvgIpc) is 3.56. The number of carbonyl (C=O) groups excluding carboxylic acids is 1. The maximum absolute atomic E-state index is 15.3. The fraction of sp³-hybridized carbons (Fsp3) is 0.147. The van der Waals surface area contributed by atoms with Gasteiger partial charge in [-0.05, 0) is 48.4 Å². The molecule has 4 heterocycles. The number of nitrogens with zero attached hydrogens (tertiary/aromatic N) is 2. The second-order valence-corrected chi connectivity index (χ2v) is 10.8. The number of benzene rings is 3. The summed E-state index contributed by atoms with van der Waals surface area (Å²) < 4.78 is 48.0. The standard InChI is InChI=1S/C34H26F2N4O5/c35-22-7-5-21(6-8-22)24-17-40(16-20-12-14-43-19-20)18-25(31(24)41)34(42)38-23-9-10-28(26(36)15-23)44-30-11-13-37-33-32(30)45-29-4-2-1-3-27(29)39-33/h1-11,13,15,17-18,20H,12,14,16,19H2,(H,37,39)(H,38,42). The van der Waals surface area contributed by atoms with Crippen molar-refractivity contribution in [1.82, 2.24) is 9.55 Å². The van der Waals surface area contributed by atoms with Crippen LogP contribution in [-0.4, -0.2) is 28.7 Å². The van der Waals surface area contributed by atoms with Gasteiger partial charge in [-0.15, -0.1) is 0 Å². The Balaban J connectivity index is 1.13. The van der Waals surface area contributed by atoms with Crippen LogP contribution in [0.1, 0.15) is 16.8 Å². The molecule has 5 aromatic rings. The van der Waals surface area contributed by atoms with Crippen LogP contribution in [0, 0.1) is 17.6 Å². The van der Waals surface area contributed by atoms with E-state index in [1.165, 1.54) is 48.8 Å². The number of halogens is 2. The second kappa shape index (κ2) is 11.9. The Bertz CT molecular complexity index is 1970. The molecule has 2 aromatic heterocycles. The van der Waals surface area contributed by atoms with Gasteiger partial charge in [0.1, 0.15) is 11.4 Å². The highest BCUT2D eigenvalue weighted by Gasteiger charge is 2.23. The van der Waals surface area contributed by atoms with Crippen molar-refractivity contribution in [3.05, 3.63) is 119 Å². The quantitative estimate of drug-likeness (QED) is 0.199. The van der Waals surface area contributed by atoms with E-state index >= 15 is 4.39 Å². The highest BCUT2D eigenvalue weighted by Crippen LogP contribution is 2.46. The molecule has 3 aromatic carbocycles. The Morgan fingerprint density at radius 2 is 1.89 bits per heavy atom. The molecule has 0 radical (unpaired) electrons. The molecule has 1 saturated heterocycles. The minimum Gasteiger partial charge on any atom is -0.450 e. The van der Waals surface area contributed by atoms with Crippen LogP contribution in [0.3, 0.4) is 0 Å². The predicted molar refractivity (Wildman–Crippen MR) is 163 cm³/mol. The van der Waals surface area contributed by atoms with Gasteiger partial charge in [-0.25, -0.2) is 13.8 Å². The number of ether oxygens (including phenoxy) is 3. The molecular weight excluding hydrogens is 582 g/mol. The Morgan fingerprint density at radius 1 is 1.04 bits per heavy atom. The summed E-state index contributed by atoms with van der Waals surface area (Å²) in [5.41, 5.74) is 0.914. The van der Waals surface area contributed by atoms with E-state index in [0.29, 0.717) is 42.6 Å².